The van der Waals surface area contributed by atoms with Gasteiger partial charge in [-0.15, -0.1) is 0 Å². The number of nitrogens with zero attached hydrogens (tertiary/aromatic N) is 3. The van der Waals surface area contributed by atoms with Gasteiger partial charge in [-0.2, -0.15) is 13.2 Å². The third kappa shape index (κ3) is 5.08. The van der Waals surface area contributed by atoms with Gasteiger partial charge in [-0.05, 0) is 54.8 Å². The number of ether oxygens (including phenoxy) is 1. The van der Waals surface area contributed by atoms with Crippen LogP contribution in [0.3, 0.4) is 0 Å². The first-order valence-electron chi connectivity index (χ1n) is 11.1. The van der Waals surface area contributed by atoms with E-state index in [4.69, 9.17) is 16.3 Å². The Kier molecular flexibility index (Phi) is 6.21. The molecule has 2 heterocycles. The summed E-state index contributed by atoms with van der Waals surface area (Å²) in [6, 6.07) is 11.9. The van der Waals surface area contributed by atoms with E-state index in [-0.39, 0.29) is 30.1 Å². The Hall–Kier alpha value is -3.79. The van der Waals surface area contributed by atoms with Crippen LogP contribution in [0, 0.1) is 0 Å². The molecular formula is C25H21ClF3N5O2. The number of aromatic nitrogens is 3. The minimum atomic E-state index is -4.48. The molecule has 0 saturated heterocycles. The van der Waals surface area contributed by atoms with Crippen LogP contribution in [0.5, 0.6) is 5.75 Å². The molecule has 1 saturated carbocycles. The van der Waals surface area contributed by atoms with Crippen molar-refractivity contribution in [2.45, 2.75) is 31.6 Å². The maximum absolute atomic E-state index is 13.2. The second-order valence-corrected chi connectivity index (χ2v) is 8.92. The summed E-state index contributed by atoms with van der Waals surface area (Å²) in [5, 5.41) is 6.30. The minimum absolute atomic E-state index is 0.184. The molecule has 1 aliphatic carbocycles. The number of rotatable bonds is 7. The van der Waals surface area contributed by atoms with Gasteiger partial charge in [-0.1, -0.05) is 23.7 Å². The number of nitrogens with one attached hydrogen (secondary N) is 2. The van der Waals surface area contributed by atoms with Crippen molar-refractivity contribution in [2.24, 2.45) is 0 Å². The van der Waals surface area contributed by atoms with Gasteiger partial charge in [0.25, 0.3) is 5.91 Å². The van der Waals surface area contributed by atoms with Gasteiger partial charge in [0.15, 0.2) is 5.65 Å². The van der Waals surface area contributed by atoms with Crippen LogP contribution < -0.4 is 15.4 Å². The van der Waals surface area contributed by atoms with E-state index in [1.807, 2.05) is 6.07 Å². The van der Waals surface area contributed by atoms with Gasteiger partial charge in [-0.3, -0.25) is 9.36 Å². The standard InChI is InChI=1S/C25H21ClF3N5O2/c1-36-21-8-5-14(9-19(21)26)13-34-22-20(10-15(12-30-22)23(35)31-17-6-7-17)33-24(34)32-18-4-2-3-16(11-18)25(27,28)29/h2-5,8-12,17H,6-7,13H2,1H3,(H,31,35)(H,32,33). The van der Waals surface area contributed by atoms with Crippen molar-refractivity contribution in [2.75, 3.05) is 12.4 Å². The number of fused-ring (bicyclic) bond motifs is 1. The van der Waals surface area contributed by atoms with Crippen LogP contribution in [0.4, 0.5) is 24.8 Å². The van der Waals surface area contributed by atoms with Gasteiger partial charge in [-0.25, -0.2) is 9.97 Å². The van der Waals surface area contributed by atoms with E-state index in [0.717, 1.165) is 30.5 Å². The van der Waals surface area contributed by atoms with E-state index in [0.29, 0.717) is 27.5 Å². The Morgan fingerprint density at radius 2 is 2.00 bits per heavy atom. The van der Waals surface area contributed by atoms with Crippen molar-refractivity contribution in [3.63, 3.8) is 0 Å². The Labute approximate surface area is 209 Å². The third-order valence-corrected chi connectivity index (χ3v) is 6.06. The van der Waals surface area contributed by atoms with E-state index in [1.54, 1.807) is 22.8 Å². The number of carbonyl (C=O) groups excluding carboxylic acids is 1. The summed E-state index contributed by atoms with van der Waals surface area (Å²) < 4.78 is 46.6. The molecule has 5 rings (SSSR count). The van der Waals surface area contributed by atoms with Crippen LogP contribution in [-0.4, -0.2) is 33.6 Å². The Morgan fingerprint density at radius 3 is 2.69 bits per heavy atom. The summed E-state index contributed by atoms with van der Waals surface area (Å²) >= 11 is 6.29. The number of imidazole rings is 1. The summed E-state index contributed by atoms with van der Waals surface area (Å²) in [5.74, 6) is 0.543. The lowest BCUT2D eigenvalue weighted by Crippen LogP contribution is -2.25. The fourth-order valence-electron chi connectivity index (χ4n) is 3.77. The van der Waals surface area contributed by atoms with Gasteiger partial charge in [0.05, 0.1) is 29.8 Å². The molecule has 0 spiro atoms. The van der Waals surface area contributed by atoms with E-state index >= 15 is 0 Å². The zero-order chi connectivity index (χ0) is 25.4. The lowest BCUT2D eigenvalue weighted by atomic mass is 10.2. The Bertz CT molecular complexity index is 1450. The minimum Gasteiger partial charge on any atom is -0.495 e. The molecular weight excluding hydrogens is 495 g/mol. The number of pyridine rings is 1. The molecule has 0 atom stereocenters. The predicted molar refractivity (Wildman–Crippen MR) is 130 cm³/mol. The highest BCUT2D eigenvalue weighted by molar-refractivity contribution is 6.32. The predicted octanol–water partition coefficient (Wildman–Crippen LogP) is 5.80. The average molecular weight is 516 g/mol. The maximum Gasteiger partial charge on any atom is 0.416 e. The Balaban J connectivity index is 1.54. The number of hydrogen-bond acceptors (Lipinski definition) is 5. The van der Waals surface area contributed by atoms with Crippen molar-refractivity contribution in [1.29, 1.82) is 0 Å². The molecule has 1 fully saturated rings. The van der Waals surface area contributed by atoms with Crippen molar-refractivity contribution >= 4 is 40.3 Å². The average Bonchev–Trinajstić information content (AvgIpc) is 3.60. The van der Waals surface area contributed by atoms with Gasteiger partial charge < -0.3 is 15.4 Å². The SMILES string of the molecule is COc1ccc(Cn2c(Nc3cccc(C(F)(F)F)c3)nc3cc(C(=O)NC4CC4)cnc32)cc1Cl. The lowest BCUT2D eigenvalue weighted by molar-refractivity contribution is -0.137. The van der Waals surface area contributed by atoms with Crippen LogP contribution >= 0.6 is 11.6 Å². The molecule has 186 valence electrons. The van der Waals surface area contributed by atoms with Crippen LogP contribution in [0.15, 0.2) is 54.7 Å². The highest BCUT2D eigenvalue weighted by atomic mass is 35.5. The van der Waals surface area contributed by atoms with Gasteiger partial charge in [0, 0.05) is 17.9 Å². The monoisotopic (exact) mass is 515 g/mol. The van der Waals surface area contributed by atoms with Crippen LogP contribution in [-0.2, 0) is 12.7 Å². The first-order chi connectivity index (χ1) is 17.2. The highest BCUT2D eigenvalue weighted by Gasteiger charge is 2.30. The van der Waals surface area contributed by atoms with E-state index in [2.05, 4.69) is 20.6 Å². The lowest BCUT2D eigenvalue weighted by Gasteiger charge is -2.13. The molecule has 0 bridgehead atoms. The second kappa shape index (κ2) is 9.34. The topological polar surface area (TPSA) is 81.1 Å². The number of hydrogen-bond donors (Lipinski definition) is 2. The number of halogens is 4. The van der Waals surface area contributed by atoms with Gasteiger partial charge in [0.1, 0.15) is 11.3 Å². The van der Waals surface area contributed by atoms with Crippen LogP contribution in [0.25, 0.3) is 11.2 Å². The molecule has 0 radical (unpaired) electrons. The molecule has 0 unspecified atom stereocenters. The summed E-state index contributed by atoms with van der Waals surface area (Å²) in [5.41, 5.74) is 1.46. The number of alkyl halides is 3. The first kappa shape index (κ1) is 23.9. The zero-order valence-electron chi connectivity index (χ0n) is 19.1. The third-order valence-electron chi connectivity index (χ3n) is 5.76. The van der Waals surface area contributed by atoms with Crippen molar-refractivity contribution in [1.82, 2.24) is 19.9 Å². The van der Waals surface area contributed by atoms with Crippen molar-refractivity contribution in [3.05, 3.63) is 76.4 Å². The molecule has 1 aliphatic rings. The van der Waals surface area contributed by atoms with Crippen molar-refractivity contribution in [3.8, 4) is 5.75 Å². The summed E-state index contributed by atoms with van der Waals surface area (Å²) in [4.78, 5) is 21.5. The van der Waals surface area contributed by atoms with Crippen LogP contribution in [0.2, 0.25) is 5.02 Å². The molecule has 11 heteroatoms. The fraction of sp³-hybridized carbons (Fsp3) is 0.240. The Morgan fingerprint density at radius 1 is 1.19 bits per heavy atom. The molecule has 1 amide bonds. The fourth-order valence-corrected chi connectivity index (χ4v) is 4.05. The molecule has 7 nitrogen and oxygen atoms in total. The van der Waals surface area contributed by atoms with Crippen LogP contribution in [0.1, 0.15) is 34.3 Å². The second-order valence-electron chi connectivity index (χ2n) is 8.51. The van der Waals surface area contributed by atoms with Gasteiger partial charge >= 0.3 is 6.18 Å². The molecule has 4 aromatic rings. The number of carbonyl (C=O) groups is 1. The molecule has 2 aromatic heterocycles. The summed E-state index contributed by atoms with van der Waals surface area (Å²) in [7, 11) is 1.52. The van der Waals surface area contributed by atoms with Gasteiger partial charge in [0.2, 0.25) is 5.95 Å². The molecule has 0 aliphatic heterocycles. The molecule has 2 N–H and O–H groups in total. The summed E-state index contributed by atoms with van der Waals surface area (Å²) in [6.07, 6.45) is -1.12. The zero-order valence-corrected chi connectivity index (χ0v) is 19.8. The normalized spacial score (nSPS) is 13.6. The number of amides is 1. The quantitative estimate of drug-likeness (QED) is 0.325. The number of anilines is 2. The van der Waals surface area contributed by atoms with E-state index < -0.39 is 11.7 Å². The highest BCUT2D eigenvalue weighted by Crippen LogP contribution is 2.32. The molecule has 2 aromatic carbocycles. The largest absolute Gasteiger partial charge is 0.495 e. The van der Waals surface area contributed by atoms with Crippen molar-refractivity contribution < 1.29 is 22.7 Å². The first-order valence-corrected chi connectivity index (χ1v) is 11.5. The smallest absolute Gasteiger partial charge is 0.416 e. The molecule has 36 heavy (non-hydrogen) atoms. The number of methoxy groups -OCH3 is 1. The van der Waals surface area contributed by atoms with E-state index in [1.165, 1.54) is 25.4 Å². The van der Waals surface area contributed by atoms with E-state index in [9.17, 15) is 18.0 Å². The number of benzene rings is 2. The maximum atomic E-state index is 13.2. The summed E-state index contributed by atoms with van der Waals surface area (Å²) in [6.45, 7) is 0.266.